The number of hydrogen-bond donors (Lipinski definition) is 2. The van der Waals surface area contributed by atoms with Crippen molar-refractivity contribution >= 4 is 17.5 Å². The molecule has 1 aliphatic rings. The number of amides is 1. The summed E-state index contributed by atoms with van der Waals surface area (Å²) in [7, 11) is 0. The Morgan fingerprint density at radius 1 is 1.50 bits per heavy atom. The van der Waals surface area contributed by atoms with Crippen molar-refractivity contribution in [1.82, 2.24) is 20.2 Å². The Morgan fingerprint density at radius 3 is 3.05 bits per heavy atom. The topological polar surface area (TPSA) is 61.0 Å². The zero-order valence-electron chi connectivity index (χ0n) is 12.2. The van der Waals surface area contributed by atoms with Crippen LogP contribution in [0.25, 0.3) is 0 Å². The van der Waals surface area contributed by atoms with Crippen LogP contribution >= 0.6 is 11.6 Å². The lowest BCUT2D eigenvalue weighted by molar-refractivity contribution is -0.120. The number of nitrogens with one attached hydrogen (secondary N) is 2. The van der Waals surface area contributed by atoms with Crippen molar-refractivity contribution in [3.05, 3.63) is 16.7 Å². The van der Waals surface area contributed by atoms with Crippen LogP contribution in [0.15, 0.2) is 0 Å². The van der Waals surface area contributed by atoms with Crippen molar-refractivity contribution in [3.63, 3.8) is 0 Å². The SMILES string of the molecule is CCCCc1nc(Cl)c(CN2CCC(=O)NC[C@@H]2C)[nH]1. The molecule has 5 nitrogen and oxygen atoms in total. The zero-order valence-corrected chi connectivity index (χ0v) is 13.0. The van der Waals surface area contributed by atoms with Gasteiger partial charge in [-0.3, -0.25) is 9.69 Å². The molecule has 1 saturated heterocycles. The van der Waals surface area contributed by atoms with Gasteiger partial charge in [-0.05, 0) is 13.3 Å². The van der Waals surface area contributed by atoms with E-state index >= 15 is 0 Å². The van der Waals surface area contributed by atoms with Crippen molar-refractivity contribution in [2.45, 2.75) is 52.1 Å². The normalized spacial score (nSPS) is 20.8. The quantitative estimate of drug-likeness (QED) is 0.875. The van der Waals surface area contributed by atoms with Gasteiger partial charge in [0.05, 0.1) is 5.69 Å². The van der Waals surface area contributed by atoms with Gasteiger partial charge in [-0.25, -0.2) is 4.98 Å². The Morgan fingerprint density at radius 2 is 2.30 bits per heavy atom. The number of aromatic nitrogens is 2. The number of carbonyl (C=O) groups is 1. The fourth-order valence-corrected chi connectivity index (χ4v) is 2.60. The Bertz CT molecular complexity index is 460. The predicted octanol–water partition coefficient (Wildman–Crippen LogP) is 2.12. The molecule has 0 saturated carbocycles. The molecule has 20 heavy (non-hydrogen) atoms. The molecule has 1 atom stereocenters. The van der Waals surface area contributed by atoms with E-state index in [2.05, 4.69) is 34.0 Å². The van der Waals surface area contributed by atoms with E-state index in [0.717, 1.165) is 37.3 Å². The number of carbonyl (C=O) groups excluding carboxylic acids is 1. The summed E-state index contributed by atoms with van der Waals surface area (Å²) >= 11 is 6.21. The van der Waals surface area contributed by atoms with Crippen LogP contribution in [0.1, 0.15) is 44.6 Å². The second-order valence-electron chi connectivity index (χ2n) is 5.43. The van der Waals surface area contributed by atoms with Crippen molar-refractivity contribution in [3.8, 4) is 0 Å². The van der Waals surface area contributed by atoms with E-state index in [0.29, 0.717) is 30.7 Å². The highest BCUT2D eigenvalue weighted by Gasteiger charge is 2.22. The fourth-order valence-electron chi connectivity index (χ4n) is 2.39. The number of aryl methyl sites for hydroxylation is 1. The molecule has 1 aliphatic heterocycles. The van der Waals surface area contributed by atoms with E-state index in [4.69, 9.17) is 11.6 Å². The van der Waals surface area contributed by atoms with Crippen molar-refractivity contribution in [2.24, 2.45) is 0 Å². The number of hydrogen-bond acceptors (Lipinski definition) is 3. The first kappa shape index (κ1) is 15.3. The lowest BCUT2D eigenvalue weighted by atomic mass is 10.2. The maximum absolute atomic E-state index is 11.4. The molecule has 0 spiro atoms. The number of aromatic amines is 1. The van der Waals surface area contributed by atoms with Gasteiger partial charge in [0.2, 0.25) is 5.91 Å². The maximum Gasteiger partial charge on any atom is 0.221 e. The van der Waals surface area contributed by atoms with E-state index in [1.54, 1.807) is 0 Å². The first-order valence-electron chi connectivity index (χ1n) is 7.34. The molecule has 2 rings (SSSR count). The molecule has 1 amide bonds. The van der Waals surface area contributed by atoms with Crippen LogP contribution < -0.4 is 5.32 Å². The minimum absolute atomic E-state index is 0.124. The van der Waals surface area contributed by atoms with Crippen LogP contribution in [0.2, 0.25) is 5.15 Å². The van der Waals surface area contributed by atoms with Crippen LogP contribution in [-0.4, -0.2) is 39.9 Å². The Kier molecular flexibility index (Phi) is 5.43. The lowest BCUT2D eigenvalue weighted by Gasteiger charge is -2.25. The minimum Gasteiger partial charge on any atom is -0.355 e. The number of rotatable bonds is 5. The van der Waals surface area contributed by atoms with Crippen molar-refractivity contribution in [1.29, 1.82) is 0 Å². The standard InChI is InChI=1S/C14H23ClN4O/c1-3-4-5-12-17-11(14(15)18-12)9-19-7-6-13(20)16-8-10(19)2/h10H,3-9H2,1-2H3,(H,16,20)(H,17,18)/t10-/m0/s1. The summed E-state index contributed by atoms with van der Waals surface area (Å²) in [4.78, 5) is 21.4. The maximum atomic E-state index is 11.4. The molecule has 6 heteroatoms. The number of H-pyrrole nitrogens is 1. The molecule has 0 radical (unpaired) electrons. The van der Waals surface area contributed by atoms with Gasteiger partial charge in [0.25, 0.3) is 0 Å². The van der Waals surface area contributed by atoms with Gasteiger partial charge in [0.15, 0.2) is 5.15 Å². The third kappa shape index (κ3) is 3.96. The van der Waals surface area contributed by atoms with E-state index in [9.17, 15) is 4.79 Å². The summed E-state index contributed by atoms with van der Waals surface area (Å²) in [6.45, 7) is 6.44. The van der Waals surface area contributed by atoms with Gasteiger partial charge in [-0.15, -0.1) is 0 Å². The van der Waals surface area contributed by atoms with E-state index in [1.807, 2.05) is 0 Å². The summed E-state index contributed by atoms with van der Waals surface area (Å²) in [5.41, 5.74) is 0.957. The second kappa shape index (κ2) is 7.09. The Hall–Kier alpha value is -1.07. The highest BCUT2D eigenvalue weighted by molar-refractivity contribution is 6.30. The molecule has 0 unspecified atom stereocenters. The van der Waals surface area contributed by atoms with E-state index < -0.39 is 0 Å². The molecular weight excluding hydrogens is 276 g/mol. The van der Waals surface area contributed by atoms with E-state index in [-0.39, 0.29) is 5.91 Å². The number of imidazole rings is 1. The van der Waals surface area contributed by atoms with Crippen molar-refractivity contribution in [2.75, 3.05) is 13.1 Å². The molecule has 112 valence electrons. The molecule has 0 aliphatic carbocycles. The predicted molar refractivity (Wildman–Crippen MR) is 79.7 cm³/mol. The third-order valence-electron chi connectivity index (χ3n) is 3.75. The molecule has 0 bridgehead atoms. The summed E-state index contributed by atoms with van der Waals surface area (Å²) in [6.07, 6.45) is 3.73. The number of unbranched alkanes of at least 4 members (excludes halogenated alkanes) is 1. The molecule has 0 aromatic carbocycles. The van der Waals surface area contributed by atoms with Crippen LogP contribution in [0.4, 0.5) is 0 Å². The molecule has 2 N–H and O–H groups in total. The molecular formula is C14H23ClN4O. The van der Waals surface area contributed by atoms with Crippen LogP contribution in [0, 0.1) is 0 Å². The van der Waals surface area contributed by atoms with Gasteiger partial charge in [-0.2, -0.15) is 0 Å². The minimum atomic E-state index is 0.124. The molecule has 1 aromatic rings. The lowest BCUT2D eigenvalue weighted by Crippen LogP contribution is -2.37. The highest BCUT2D eigenvalue weighted by Crippen LogP contribution is 2.18. The van der Waals surface area contributed by atoms with Gasteiger partial charge in [-0.1, -0.05) is 24.9 Å². The number of nitrogens with zero attached hydrogens (tertiary/aromatic N) is 2. The number of halogens is 1. The summed E-state index contributed by atoms with van der Waals surface area (Å²) in [5, 5.41) is 3.48. The van der Waals surface area contributed by atoms with Crippen molar-refractivity contribution < 1.29 is 4.79 Å². The first-order chi connectivity index (χ1) is 9.60. The summed E-state index contributed by atoms with van der Waals surface area (Å²) in [5.74, 6) is 1.09. The molecule has 1 fully saturated rings. The van der Waals surface area contributed by atoms with Gasteiger partial charge < -0.3 is 10.3 Å². The largest absolute Gasteiger partial charge is 0.355 e. The van der Waals surface area contributed by atoms with Crippen LogP contribution in [0.5, 0.6) is 0 Å². The third-order valence-corrected chi connectivity index (χ3v) is 4.06. The summed E-state index contributed by atoms with van der Waals surface area (Å²) in [6, 6.07) is 0.305. The van der Waals surface area contributed by atoms with Gasteiger partial charge in [0, 0.05) is 38.5 Å². The Labute approximate surface area is 125 Å². The zero-order chi connectivity index (χ0) is 14.5. The molecule has 2 heterocycles. The average molecular weight is 299 g/mol. The Balaban J connectivity index is 2.01. The average Bonchev–Trinajstić information content (AvgIpc) is 2.69. The highest BCUT2D eigenvalue weighted by atomic mass is 35.5. The molecule has 1 aromatic heterocycles. The first-order valence-corrected chi connectivity index (χ1v) is 7.72. The van der Waals surface area contributed by atoms with Gasteiger partial charge in [0.1, 0.15) is 5.82 Å². The van der Waals surface area contributed by atoms with Crippen LogP contribution in [0.3, 0.4) is 0 Å². The van der Waals surface area contributed by atoms with E-state index in [1.165, 1.54) is 0 Å². The monoisotopic (exact) mass is 298 g/mol. The second-order valence-corrected chi connectivity index (χ2v) is 5.79. The van der Waals surface area contributed by atoms with Crippen LogP contribution in [-0.2, 0) is 17.8 Å². The van der Waals surface area contributed by atoms with Gasteiger partial charge >= 0.3 is 0 Å². The smallest absolute Gasteiger partial charge is 0.221 e. The fraction of sp³-hybridized carbons (Fsp3) is 0.714. The summed E-state index contributed by atoms with van der Waals surface area (Å²) < 4.78 is 0.